The summed E-state index contributed by atoms with van der Waals surface area (Å²) in [4.78, 5) is 31.2. The molecule has 0 bridgehead atoms. The zero-order chi connectivity index (χ0) is 23.4. The number of benzene rings is 1. The Kier molecular flexibility index (Phi) is 5.29. The van der Waals surface area contributed by atoms with E-state index < -0.39 is 41.4 Å². The normalized spacial score (nSPS) is 17.8. The van der Waals surface area contributed by atoms with Gasteiger partial charge in [0.2, 0.25) is 0 Å². The number of aliphatic hydroxyl groups excluding tert-OH is 1. The van der Waals surface area contributed by atoms with Gasteiger partial charge in [0.25, 0.3) is 5.91 Å². The molecule has 1 N–H and O–H groups in total. The number of aromatic nitrogens is 1. The molecule has 1 saturated heterocycles. The average Bonchev–Trinajstić information content (AvgIpc) is 2.94. The number of carbonyl (C=O) groups is 2. The van der Waals surface area contributed by atoms with Gasteiger partial charge in [0.1, 0.15) is 18.0 Å². The van der Waals surface area contributed by atoms with Crippen LogP contribution in [0.15, 0.2) is 30.5 Å². The molecule has 1 saturated carbocycles. The monoisotopic (exact) mass is 467 g/mol. The number of rotatable bonds is 4. The molecule has 2 heterocycles. The molecule has 168 valence electrons. The summed E-state index contributed by atoms with van der Waals surface area (Å²) in [6.07, 6.45) is -2.07. The van der Waals surface area contributed by atoms with Gasteiger partial charge in [0.15, 0.2) is 10.9 Å². The van der Waals surface area contributed by atoms with Crippen molar-refractivity contribution in [1.29, 1.82) is 0 Å². The predicted molar refractivity (Wildman–Crippen MR) is 111 cm³/mol. The molecule has 2 aromatic rings. The van der Waals surface area contributed by atoms with Gasteiger partial charge in [-0.25, -0.2) is 4.39 Å². The minimum Gasteiger partial charge on any atom is -0.388 e. The maximum absolute atomic E-state index is 14.6. The lowest BCUT2D eigenvalue weighted by Crippen LogP contribution is -2.55. The van der Waals surface area contributed by atoms with Gasteiger partial charge in [-0.1, -0.05) is 0 Å². The summed E-state index contributed by atoms with van der Waals surface area (Å²) in [6, 6.07) is 4.43. The average molecular weight is 467 g/mol. The quantitative estimate of drug-likeness (QED) is 0.419. The number of amides is 1. The fourth-order valence-electron chi connectivity index (χ4n) is 4.09. The van der Waals surface area contributed by atoms with Gasteiger partial charge in [0, 0.05) is 11.4 Å². The molecule has 1 aromatic carbocycles. The third-order valence-electron chi connectivity index (χ3n) is 5.88. The van der Waals surface area contributed by atoms with E-state index in [1.807, 2.05) is 0 Å². The molecule has 0 atom stereocenters. The molecule has 2 fully saturated rings. The maximum atomic E-state index is 14.6. The smallest absolute Gasteiger partial charge is 0.388 e. The van der Waals surface area contributed by atoms with Gasteiger partial charge in [-0.3, -0.25) is 19.5 Å². The first-order valence-electron chi connectivity index (χ1n) is 9.67. The molecule has 1 amide bonds. The summed E-state index contributed by atoms with van der Waals surface area (Å²) in [5.41, 5.74) is -2.61. The van der Waals surface area contributed by atoms with E-state index >= 15 is 0 Å². The second-order valence-electron chi connectivity index (χ2n) is 7.71. The van der Waals surface area contributed by atoms with E-state index in [2.05, 4.69) is 4.98 Å². The standard InChI is InChI=1S/C21H17F4N3O3S/c1-11-15(21(23,24)25)7-13(9-26-11)27-18(31)20(5-2-6-20)28(19(27)32)12-3-4-14(16(22)8-12)17(30)10-29/h3-4,7-9,29H,2,5-6,10H2,1H3. The molecule has 0 radical (unpaired) electrons. The SMILES string of the molecule is Cc1ncc(N2C(=O)C3(CCC3)N(c3ccc(C(=O)CO)c(F)c3)C2=S)cc1C(F)(F)F. The van der Waals surface area contributed by atoms with E-state index in [9.17, 15) is 27.2 Å². The molecular weight excluding hydrogens is 450 g/mol. The van der Waals surface area contributed by atoms with Crippen LogP contribution in [-0.2, 0) is 11.0 Å². The highest BCUT2D eigenvalue weighted by molar-refractivity contribution is 7.81. The fraction of sp³-hybridized carbons (Fsp3) is 0.333. The highest BCUT2D eigenvalue weighted by Gasteiger charge is 2.59. The number of aliphatic hydroxyl groups is 1. The molecular formula is C21H17F4N3O3S. The molecule has 1 spiro atoms. The summed E-state index contributed by atoms with van der Waals surface area (Å²) < 4.78 is 54.7. The van der Waals surface area contributed by atoms with Gasteiger partial charge >= 0.3 is 6.18 Å². The second kappa shape index (κ2) is 7.59. The largest absolute Gasteiger partial charge is 0.418 e. The Morgan fingerprint density at radius 2 is 1.94 bits per heavy atom. The fourth-order valence-corrected chi connectivity index (χ4v) is 4.56. The number of Topliss-reactive ketones (excluding diaryl/α,β-unsaturated/α-hetero) is 1. The summed E-state index contributed by atoms with van der Waals surface area (Å²) in [5.74, 6) is -2.22. The number of ketones is 1. The van der Waals surface area contributed by atoms with E-state index in [1.54, 1.807) is 0 Å². The van der Waals surface area contributed by atoms with Crippen LogP contribution in [0, 0.1) is 12.7 Å². The zero-order valence-electron chi connectivity index (χ0n) is 16.7. The van der Waals surface area contributed by atoms with Crippen LogP contribution in [0.3, 0.4) is 0 Å². The van der Waals surface area contributed by atoms with Crippen LogP contribution < -0.4 is 9.80 Å². The molecule has 6 nitrogen and oxygen atoms in total. The third kappa shape index (κ3) is 3.27. The Balaban J connectivity index is 1.79. The van der Waals surface area contributed by atoms with Crippen molar-refractivity contribution in [3.63, 3.8) is 0 Å². The molecule has 0 unspecified atom stereocenters. The van der Waals surface area contributed by atoms with Crippen LogP contribution in [0.4, 0.5) is 28.9 Å². The maximum Gasteiger partial charge on any atom is 0.418 e. The summed E-state index contributed by atoms with van der Waals surface area (Å²) in [6.45, 7) is 0.352. The summed E-state index contributed by atoms with van der Waals surface area (Å²) in [7, 11) is 0. The molecule has 1 aliphatic carbocycles. The van der Waals surface area contributed by atoms with Crippen molar-refractivity contribution < 1.29 is 32.3 Å². The first kappa shape index (κ1) is 22.3. The Bertz CT molecular complexity index is 1150. The number of hydrogen-bond donors (Lipinski definition) is 1. The molecule has 2 aliphatic rings. The van der Waals surface area contributed by atoms with Crippen molar-refractivity contribution in [3.8, 4) is 0 Å². The number of nitrogens with zero attached hydrogens (tertiary/aromatic N) is 3. The summed E-state index contributed by atoms with van der Waals surface area (Å²) >= 11 is 5.46. The third-order valence-corrected chi connectivity index (χ3v) is 6.25. The number of hydrogen-bond acceptors (Lipinski definition) is 5. The van der Waals surface area contributed by atoms with E-state index in [4.69, 9.17) is 17.3 Å². The molecule has 1 aliphatic heterocycles. The lowest BCUT2D eigenvalue weighted by molar-refractivity contribution is -0.138. The van der Waals surface area contributed by atoms with Crippen LogP contribution in [0.1, 0.15) is 40.9 Å². The van der Waals surface area contributed by atoms with E-state index in [-0.39, 0.29) is 27.7 Å². The van der Waals surface area contributed by atoms with Crippen molar-refractivity contribution in [3.05, 3.63) is 53.1 Å². The lowest BCUT2D eigenvalue weighted by Gasteiger charge is -2.43. The van der Waals surface area contributed by atoms with Crippen molar-refractivity contribution in [2.75, 3.05) is 16.4 Å². The minimum absolute atomic E-state index is 0.103. The van der Waals surface area contributed by atoms with Crippen LogP contribution >= 0.6 is 12.2 Å². The van der Waals surface area contributed by atoms with Crippen molar-refractivity contribution in [2.24, 2.45) is 0 Å². The number of halogens is 4. The Hall–Kier alpha value is -2.92. The first-order valence-corrected chi connectivity index (χ1v) is 10.1. The predicted octanol–water partition coefficient (Wildman–Crippen LogP) is 3.78. The van der Waals surface area contributed by atoms with Gasteiger partial charge in [0.05, 0.1) is 23.0 Å². The Labute approximate surface area is 185 Å². The number of aryl methyl sites for hydroxylation is 1. The van der Waals surface area contributed by atoms with Crippen molar-refractivity contribution in [2.45, 2.75) is 37.9 Å². The Morgan fingerprint density at radius 3 is 2.47 bits per heavy atom. The van der Waals surface area contributed by atoms with E-state index in [0.717, 1.165) is 23.2 Å². The number of carbonyl (C=O) groups excluding carboxylic acids is 2. The molecule has 11 heteroatoms. The topological polar surface area (TPSA) is 73.7 Å². The number of alkyl halides is 3. The van der Waals surface area contributed by atoms with Crippen LogP contribution in [0.2, 0.25) is 0 Å². The summed E-state index contributed by atoms with van der Waals surface area (Å²) in [5, 5.41) is 8.87. The van der Waals surface area contributed by atoms with Crippen molar-refractivity contribution >= 4 is 40.4 Å². The molecule has 32 heavy (non-hydrogen) atoms. The van der Waals surface area contributed by atoms with Crippen LogP contribution in [-0.4, -0.2) is 39.0 Å². The highest BCUT2D eigenvalue weighted by Crippen LogP contribution is 2.48. The van der Waals surface area contributed by atoms with E-state index in [1.165, 1.54) is 24.0 Å². The van der Waals surface area contributed by atoms with Gasteiger partial charge in [-0.2, -0.15) is 13.2 Å². The van der Waals surface area contributed by atoms with Crippen LogP contribution in [0.5, 0.6) is 0 Å². The number of thiocarbonyl (C=S) groups is 1. The number of anilines is 2. The highest BCUT2D eigenvalue weighted by atomic mass is 32.1. The minimum atomic E-state index is -4.66. The van der Waals surface area contributed by atoms with Crippen LogP contribution in [0.25, 0.3) is 0 Å². The molecule has 1 aromatic heterocycles. The van der Waals surface area contributed by atoms with Gasteiger partial charge in [-0.15, -0.1) is 0 Å². The molecule has 4 rings (SSSR count). The van der Waals surface area contributed by atoms with Gasteiger partial charge < -0.3 is 10.0 Å². The number of pyridine rings is 1. The lowest BCUT2D eigenvalue weighted by atomic mass is 9.75. The van der Waals surface area contributed by atoms with Crippen molar-refractivity contribution in [1.82, 2.24) is 4.98 Å². The zero-order valence-corrected chi connectivity index (χ0v) is 17.6. The second-order valence-corrected chi connectivity index (χ2v) is 8.08. The van der Waals surface area contributed by atoms with Gasteiger partial charge in [-0.05, 0) is 62.7 Å². The first-order chi connectivity index (χ1) is 15.0. The van der Waals surface area contributed by atoms with E-state index in [0.29, 0.717) is 19.3 Å². The Morgan fingerprint density at radius 1 is 1.25 bits per heavy atom.